The maximum atomic E-state index is 11.9. The van der Waals surface area contributed by atoms with Gasteiger partial charge in [-0.2, -0.15) is 0 Å². The van der Waals surface area contributed by atoms with Crippen LogP contribution in [0.2, 0.25) is 0 Å². The third-order valence-electron chi connectivity index (χ3n) is 4.06. The van der Waals surface area contributed by atoms with Crippen LogP contribution in [-0.2, 0) is 4.79 Å². The van der Waals surface area contributed by atoms with E-state index in [9.17, 15) is 14.7 Å². The number of benzene rings is 1. The molecule has 1 aliphatic carbocycles. The molecule has 1 fully saturated rings. The number of anilines is 1. The van der Waals surface area contributed by atoms with Gasteiger partial charge in [0, 0.05) is 11.7 Å². The summed E-state index contributed by atoms with van der Waals surface area (Å²) in [4.78, 5) is 23.3. The van der Waals surface area contributed by atoms with Crippen molar-refractivity contribution in [2.45, 2.75) is 39.2 Å². The molecule has 0 spiro atoms. The molecule has 2 atom stereocenters. The highest BCUT2D eigenvalue weighted by Gasteiger charge is 2.45. The van der Waals surface area contributed by atoms with Crippen molar-refractivity contribution in [3.8, 4) is 0 Å². The average Bonchev–Trinajstić information content (AvgIpc) is 2.75. The molecule has 3 N–H and O–H groups in total. The van der Waals surface area contributed by atoms with Crippen molar-refractivity contribution in [2.75, 3.05) is 5.32 Å². The Morgan fingerprint density at radius 3 is 2.55 bits per heavy atom. The Morgan fingerprint density at radius 2 is 1.95 bits per heavy atom. The normalized spacial score (nSPS) is 25.2. The molecular formula is C15H20N2O3. The smallest absolute Gasteiger partial charge is 0.319 e. The van der Waals surface area contributed by atoms with Crippen LogP contribution in [0.4, 0.5) is 10.5 Å². The molecule has 5 heteroatoms. The number of carboxylic acids is 1. The van der Waals surface area contributed by atoms with Crippen molar-refractivity contribution in [3.63, 3.8) is 0 Å². The first-order chi connectivity index (χ1) is 9.41. The third kappa shape index (κ3) is 2.92. The van der Waals surface area contributed by atoms with Crippen LogP contribution in [0, 0.1) is 12.3 Å². The van der Waals surface area contributed by atoms with Gasteiger partial charge in [-0.05, 0) is 38.8 Å². The van der Waals surface area contributed by atoms with Crippen LogP contribution in [0.25, 0.3) is 0 Å². The van der Waals surface area contributed by atoms with E-state index < -0.39 is 11.4 Å². The van der Waals surface area contributed by atoms with Gasteiger partial charge < -0.3 is 15.7 Å². The van der Waals surface area contributed by atoms with Crippen molar-refractivity contribution < 1.29 is 14.7 Å². The highest BCUT2D eigenvalue weighted by molar-refractivity contribution is 5.90. The molecule has 0 aliphatic heterocycles. The van der Waals surface area contributed by atoms with Crippen molar-refractivity contribution in [2.24, 2.45) is 5.41 Å². The van der Waals surface area contributed by atoms with Gasteiger partial charge in [0.25, 0.3) is 0 Å². The van der Waals surface area contributed by atoms with Gasteiger partial charge in [-0.15, -0.1) is 0 Å². The van der Waals surface area contributed by atoms with Crippen LogP contribution in [-0.4, -0.2) is 23.1 Å². The zero-order chi connectivity index (χ0) is 14.8. The molecule has 0 bridgehead atoms. The summed E-state index contributed by atoms with van der Waals surface area (Å²) >= 11 is 0. The molecule has 108 valence electrons. The fraction of sp³-hybridized carbons (Fsp3) is 0.467. The maximum absolute atomic E-state index is 11.9. The molecule has 1 aromatic rings. The summed E-state index contributed by atoms with van der Waals surface area (Å²) in [5, 5.41) is 14.8. The summed E-state index contributed by atoms with van der Waals surface area (Å²) in [5.41, 5.74) is 0.943. The van der Waals surface area contributed by atoms with E-state index in [1.165, 1.54) is 0 Å². The number of aliphatic carboxylic acids is 1. The van der Waals surface area contributed by atoms with E-state index in [4.69, 9.17) is 0 Å². The number of aryl methyl sites for hydroxylation is 1. The molecule has 0 aromatic heterocycles. The Bertz CT molecular complexity index is 512. The van der Waals surface area contributed by atoms with Crippen molar-refractivity contribution in [1.29, 1.82) is 0 Å². The fourth-order valence-corrected chi connectivity index (χ4v) is 2.62. The first-order valence-corrected chi connectivity index (χ1v) is 6.79. The summed E-state index contributed by atoms with van der Waals surface area (Å²) in [5.74, 6) is -0.851. The molecule has 5 nitrogen and oxygen atoms in total. The van der Waals surface area contributed by atoms with E-state index in [0.29, 0.717) is 18.5 Å². The second-order valence-electron chi connectivity index (χ2n) is 5.63. The van der Waals surface area contributed by atoms with Crippen LogP contribution in [0.15, 0.2) is 24.3 Å². The first kappa shape index (κ1) is 14.4. The third-order valence-corrected chi connectivity index (χ3v) is 4.06. The Kier molecular flexibility index (Phi) is 3.97. The minimum atomic E-state index is -0.870. The number of hydrogen-bond donors (Lipinski definition) is 3. The number of urea groups is 1. The second kappa shape index (κ2) is 5.53. The fourth-order valence-electron chi connectivity index (χ4n) is 2.62. The lowest BCUT2D eigenvalue weighted by atomic mass is 9.85. The van der Waals surface area contributed by atoms with Gasteiger partial charge >= 0.3 is 12.0 Å². The summed E-state index contributed by atoms with van der Waals surface area (Å²) in [6, 6.07) is 6.78. The summed E-state index contributed by atoms with van der Waals surface area (Å²) in [6.45, 7) is 3.67. The molecule has 20 heavy (non-hydrogen) atoms. The summed E-state index contributed by atoms with van der Waals surface area (Å²) < 4.78 is 0. The number of amides is 2. The second-order valence-corrected chi connectivity index (χ2v) is 5.63. The number of carbonyl (C=O) groups is 2. The molecule has 2 unspecified atom stereocenters. The van der Waals surface area contributed by atoms with E-state index >= 15 is 0 Å². The van der Waals surface area contributed by atoms with Gasteiger partial charge in [-0.1, -0.05) is 24.1 Å². The van der Waals surface area contributed by atoms with Gasteiger partial charge in [-0.25, -0.2) is 4.79 Å². The molecule has 1 aromatic carbocycles. The number of nitrogens with one attached hydrogen (secondary N) is 2. The van der Waals surface area contributed by atoms with Crippen molar-refractivity contribution in [3.05, 3.63) is 29.8 Å². The van der Waals surface area contributed by atoms with Crippen LogP contribution >= 0.6 is 0 Å². The average molecular weight is 276 g/mol. The van der Waals surface area contributed by atoms with E-state index in [2.05, 4.69) is 10.6 Å². The molecule has 0 radical (unpaired) electrons. The monoisotopic (exact) mass is 276 g/mol. The van der Waals surface area contributed by atoms with Crippen molar-refractivity contribution >= 4 is 17.7 Å². The van der Waals surface area contributed by atoms with Crippen molar-refractivity contribution in [1.82, 2.24) is 5.32 Å². The quantitative estimate of drug-likeness (QED) is 0.794. The van der Waals surface area contributed by atoms with Crippen LogP contribution in [0.3, 0.4) is 0 Å². The van der Waals surface area contributed by atoms with Crippen LogP contribution in [0.5, 0.6) is 0 Å². The lowest BCUT2D eigenvalue weighted by Crippen LogP contribution is -2.48. The molecule has 1 saturated carbocycles. The molecule has 0 heterocycles. The van der Waals surface area contributed by atoms with Gasteiger partial charge in [0.1, 0.15) is 0 Å². The Balaban J connectivity index is 1.98. The molecule has 0 saturated heterocycles. The maximum Gasteiger partial charge on any atom is 0.319 e. The molecular weight excluding hydrogens is 256 g/mol. The first-order valence-electron chi connectivity index (χ1n) is 6.79. The largest absolute Gasteiger partial charge is 0.481 e. The standard InChI is InChI=1S/C15H20N2O3/c1-10-5-7-11(8-6-10)16-14(20)17-12-4-3-9-15(12,2)13(18)19/h5-8,12H,3-4,9H2,1-2H3,(H,18,19)(H2,16,17,20). The topological polar surface area (TPSA) is 78.4 Å². The lowest BCUT2D eigenvalue weighted by Gasteiger charge is -2.27. The van der Waals surface area contributed by atoms with Gasteiger partial charge in [0.05, 0.1) is 5.41 Å². The predicted molar refractivity (Wildman–Crippen MR) is 76.7 cm³/mol. The predicted octanol–water partition coefficient (Wildman–Crippen LogP) is 2.76. The highest BCUT2D eigenvalue weighted by atomic mass is 16.4. The number of hydrogen-bond acceptors (Lipinski definition) is 2. The Labute approximate surface area is 118 Å². The summed E-state index contributed by atoms with van der Waals surface area (Å²) in [7, 11) is 0. The minimum Gasteiger partial charge on any atom is -0.481 e. The highest BCUT2D eigenvalue weighted by Crippen LogP contribution is 2.38. The summed E-state index contributed by atoms with van der Waals surface area (Å²) in [6.07, 6.45) is 2.11. The number of carboxylic acid groups (broad SMARTS) is 1. The van der Waals surface area contributed by atoms with E-state index in [1.54, 1.807) is 6.92 Å². The van der Waals surface area contributed by atoms with E-state index in [1.807, 2.05) is 31.2 Å². The molecule has 2 rings (SSSR count). The zero-order valence-corrected chi connectivity index (χ0v) is 11.8. The van der Waals surface area contributed by atoms with Crippen LogP contribution in [0.1, 0.15) is 31.7 Å². The minimum absolute atomic E-state index is 0.328. The van der Waals surface area contributed by atoms with Gasteiger partial charge in [-0.3, -0.25) is 4.79 Å². The Morgan fingerprint density at radius 1 is 1.30 bits per heavy atom. The number of rotatable bonds is 3. The van der Waals surface area contributed by atoms with Crippen LogP contribution < -0.4 is 10.6 Å². The van der Waals surface area contributed by atoms with Gasteiger partial charge in [0.2, 0.25) is 0 Å². The zero-order valence-electron chi connectivity index (χ0n) is 11.8. The Hall–Kier alpha value is -2.04. The van der Waals surface area contributed by atoms with E-state index in [0.717, 1.165) is 12.0 Å². The lowest BCUT2D eigenvalue weighted by molar-refractivity contribution is -0.148. The number of carbonyl (C=O) groups excluding carboxylic acids is 1. The van der Waals surface area contributed by atoms with Gasteiger partial charge in [0.15, 0.2) is 0 Å². The SMILES string of the molecule is Cc1ccc(NC(=O)NC2CCCC2(C)C(=O)O)cc1. The molecule has 2 amide bonds. The van der Waals surface area contributed by atoms with E-state index in [-0.39, 0.29) is 12.1 Å². The molecule has 1 aliphatic rings.